The maximum absolute atomic E-state index is 12.9. The SMILES string of the molecule is CCOc1ccc(C(NC(=O)Cn2c(=O)[nH]c3ccccc32)c2ccccc2)cc1. The molecule has 152 valence electrons. The molecular weight excluding hydrogens is 378 g/mol. The van der Waals surface area contributed by atoms with E-state index in [0.29, 0.717) is 17.6 Å². The molecule has 4 aromatic rings. The molecule has 3 aromatic carbocycles. The van der Waals surface area contributed by atoms with Gasteiger partial charge in [0.25, 0.3) is 0 Å². The van der Waals surface area contributed by atoms with Crippen LogP contribution in [0.3, 0.4) is 0 Å². The Morgan fingerprint density at radius 2 is 1.63 bits per heavy atom. The molecule has 1 atom stereocenters. The predicted molar refractivity (Wildman–Crippen MR) is 117 cm³/mol. The zero-order chi connectivity index (χ0) is 20.9. The van der Waals surface area contributed by atoms with Crippen molar-refractivity contribution in [1.82, 2.24) is 14.9 Å². The van der Waals surface area contributed by atoms with Crippen molar-refractivity contribution < 1.29 is 9.53 Å². The van der Waals surface area contributed by atoms with Gasteiger partial charge in [-0.05, 0) is 42.3 Å². The topological polar surface area (TPSA) is 76.1 Å². The fraction of sp³-hybridized carbons (Fsp3) is 0.167. The van der Waals surface area contributed by atoms with Gasteiger partial charge in [0, 0.05) is 0 Å². The number of fused-ring (bicyclic) bond motifs is 1. The number of para-hydroxylation sites is 2. The second-order valence-corrected chi connectivity index (χ2v) is 6.95. The maximum Gasteiger partial charge on any atom is 0.326 e. The van der Waals surface area contributed by atoms with Crippen molar-refractivity contribution in [2.45, 2.75) is 19.5 Å². The summed E-state index contributed by atoms with van der Waals surface area (Å²) in [4.78, 5) is 28.0. The van der Waals surface area contributed by atoms with Gasteiger partial charge in [-0.3, -0.25) is 9.36 Å². The first-order chi connectivity index (χ1) is 14.7. The molecule has 1 unspecified atom stereocenters. The number of carbonyl (C=O) groups excluding carboxylic acids is 1. The molecule has 2 N–H and O–H groups in total. The first-order valence-corrected chi connectivity index (χ1v) is 9.90. The van der Waals surface area contributed by atoms with Crippen LogP contribution in [-0.2, 0) is 11.3 Å². The molecule has 1 aromatic heterocycles. The van der Waals surface area contributed by atoms with Gasteiger partial charge in [0.2, 0.25) is 5.91 Å². The highest BCUT2D eigenvalue weighted by molar-refractivity contribution is 5.81. The highest BCUT2D eigenvalue weighted by Crippen LogP contribution is 2.24. The molecule has 6 nitrogen and oxygen atoms in total. The smallest absolute Gasteiger partial charge is 0.326 e. The molecule has 6 heteroatoms. The summed E-state index contributed by atoms with van der Waals surface area (Å²) < 4.78 is 6.97. The molecule has 1 heterocycles. The van der Waals surface area contributed by atoms with Crippen molar-refractivity contribution in [3.8, 4) is 5.75 Å². The van der Waals surface area contributed by atoms with E-state index in [1.165, 1.54) is 4.57 Å². The van der Waals surface area contributed by atoms with Crippen LogP contribution in [0.2, 0.25) is 0 Å². The number of nitrogens with zero attached hydrogens (tertiary/aromatic N) is 1. The van der Waals surface area contributed by atoms with Crippen molar-refractivity contribution in [2.75, 3.05) is 6.61 Å². The lowest BCUT2D eigenvalue weighted by Gasteiger charge is -2.20. The number of carbonyl (C=O) groups is 1. The number of hydrogen-bond acceptors (Lipinski definition) is 3. The summed E-state index contributed by atoms with van der Waals surface area (Å²) in [7, 11) is 0. The van der Waals surface area contributed by atoms with E-state index in [9.17, 15) is 9.59 Å². The fourth-order valence-corrected chi connectivity index (χ4v) is 3.54. The molecule has 30 heavy (non-hydrogen) atoms. The highest BCUT2D eigenvalue weighted by atomic mass is 16.5. The molecular formula is C24H23N3O3. The Kier molecular flexibility index (Phi) is 5.66. The Hall–Kier alpha value is -3.80. The molecule has 0 saturated carbocycles. The average Bonchev–Trinajstić information content (AvgIpc) is 3.09. The number of nitrogens with one attached hydrogen (secondary N) is 2. The van der Waals surface area contributed by atoms with Crippen LogP contribution in [0.5, 0.6) is 5.75 Å². The molecule has 0 spiro atoms. The lowest BCUT2D eigenvalue weighted by Crippen LogP contribution is -2.34. The number of amides is 1. The van der Waals surface area contributed by atoms with E-state index < -0.39 is 0 Å². The first kappa shape index (κ1) is 19.5. The van der Waals surface area contributed by atoms with Crippen molar-refractivity contribution in [3.63, 3.8) is 0 Å². The lowest BCUT2D eigenvalue weighted by molar-refractivity contribution is -0.122. The van der Waals surface area contributed by atoms with Gasteiger partial charge in [0.1, 0.15) is 12.3 Å². The van der Waals surface area contributed by atoms with Gasteiger partial charge in [0.15, 0.2) is 0 Å². The van der Waals surface area contributed by atoms with Gasteiger partial charge in [0.05, 0.1) is 23.7 Å². The molecule has 0 aliphatic carbocycles. The number of H-pyrrole nitrogens is 1. The molecule has 0 saturated heterocycles. The Balaban J connectivity index is 1.60. The molecule has 0 aliphatic rings. The summed E-state index contributed by atoms with van der Waals surface area (Å²) in [6, 6.07) is 24.4. The second kappa shape index (κ2) is 8.69. The summed E-state index contributed by atoms with van der Waals surface area (Å²) in [5.74, 6) is 0.536. The normalized spacial score (nSPS) is 11.9. The van der Waals surface area contributed by atoms with Crippen LogP contribution in [0.25, 0.3) is 11.0 Å². The third-order valence-electron chi connectivity index (χ3n) is 4.95. The summed E-state index contributed by atoms with van der Waals surface area (Å²) in [6.07, 6.45) is 0. The number of benzene rings is 3. The van der Waals surface area contributed by atoms with E-state index in [2.05, 4.69) is 10.3 Å². The van der Waals surface area contributed by atoms with E-state index in [1.807, 2.05) is 85.8 Å². The van der Waals surface area contributed by atoms with Crippen LogP contribution in [0.15, 0.2) is 83.7 Å². The van der Waals surface area contributed by atoms with Crippen molar-refractivity contribution in [2.24, 2.45) is 0 Å². The highest BCUT2D eigenvalue weighted by Gasteiger charge is 2.18. The maximum atomic E-state index is 12.9. The molecule has 0 aliphatic heterocycles. The molecule has 4 rings (SSSR count). The zero-order valence-corrected chi connectivity index (χ0v) is 16.7. The average molecular weight is 401 g/mol. The van der Waals surface area contributed by atoms with Crippen molar-refractivity contribution >= 4 is 16.9 Å². The third-order valence-corrected chi connectivity index (χ3v) is 4.95. The molecule has 1 amide bonds. The minimum absolute atomic E-state index is 0.0663. The van der Waals surface area contributed by atoms with E-state index in [-0.39, 0.29) is 24.2 Å². The number of hydrogen-bond donors (Lipinski definition) is 2. The van der Waals surface area contributed by atoms with Gasteiger partial charge in [-0.25, -0.2) is 4.79 Å². The number of ether oxygens (including phenoxy) is 1. The van der Waals surface area contributed by atoms with Crippen LogP contribution in [0.4, 0.5) is 0 Å². The third kappa shape index (κ3) is 4.12. The van der Waals surface area contributed by atoms with E-state index >= 15 is 0 Å². The Labute approximate surface area is 174 Å². The predicted octanol–water partition coefficient (Wildman–Crippen LogP) is 3.63. The first-order valence-electron chi connectivity index (χ1n) is 9.90. The summed E-state index contributed by atoms with van der Waals surface area (Å²) in [6.45, 7) is 2.47. The second-order valence-electron chi connectivity index (χ2n) is 6.95. The van der Waals surface area contributed by atoms with Crippen LogP contribution in [0.1, 0.15) is 24.1 Å². The van der Waals surface area contributed by atoms with Crippen LogP contribution >= 0.6 is 0 Å². The standard InChI is InChI=1S/C24H23N3O3/c1-2-30-19-14-12-18(13-15-19)23(17-8-4-3-5-9-17)26-22(28)16-27-21-11-7-6-10-20(21)25-24(27)29/h3-15,23H,2,16H2,1H3,(H,25,29)(H,26,28). The van der Waals surface area contributed by atoms with Gasteiger partial charge in [-0.1, -0.05) is 54.6 Å². The lowest BCUT2D eigenvalue weighted by atomic mass is 9.98. The van der Waals surface area contributed by atoms with Gasteiger partial charge < -0.3 is 15.0 Å². The van der Waals surface area contributed by atoms with Gasteiger partial charge in [-0.15, -0.1) is 0 Å². The fourth-order valence-electron chi connectivity index (χ4n) is 3.54. The van der Waals surface area contributed by atoms with Gasteiger partial charge in [-0.2, -0.15) is 0 Å². The molecule has 0 radical (unpaired) electrons. The molecule has 0 fully saturated rings. The quantitative estimate of drug-likeness (QED) is 0.496. The van der Waals surface area contributed by atoms with E-state index in [0.717, 1.165) is 16.9 Å². The monoisotopic (exact) mass is 401 g/mol. The number of aromatic nitrogens is 2. The minimum atomic E-state index is -0.338. The minimum Gasteiger partial charge on any atom is -0.494 e. The van der Waals surface area contributed by atoms with E-state index in [4.69, 9.17) is 4.74 Å². The Morgan fingerprint density at radius 1 is 0.967 bits per heavy atom. The summed E-state index contributed by atoms with van der Waals surface area (Å²) in [5, 5.41) is 3.08. The van der Waals surface area contributed by atoms with Crippen LogP contribution < -0.4 is 15.7 Å². The van der Waals surface area contributed by atoms with Gasteiger partial charge >= 0.3 is 5.69 Å². The Morgan fingerprint density at radius 3 is 2.37 bits per heavy atom. The Bertz CT molecular complexity index is 1190. The molecule has 0 bridgehead atoms. The zero-order valence-electron chi connectivity index (χ0n) is 16.7. The number of aromatic amines is 1. The number of imidazole rings is 1. The van der Waals surface area contributed by atoms with Crippen LogP contribution in [0, 0.1) is 0 Å². The largest absolute Gasteiger partial charge is 0.494 e. The van der Waals surface area contributed by atoms with Crippen molar-refractivity contribution in [1.29, 1.82) is 0 Å². The summed E-state index contributed by atoms with van der Waals surface area (Å²) in [5.41, 5.74) is 3.01. The number of rotatable bonds is 7. The summed E-state index contributed by atoms with van der Waals surface area (Å²) >= 11 is 0. The van der Waals surface area contributed by atoms with Crippen molar-refractivity contribution in [3.05, 3.63) is 100 Å². The van der Waals surface area contributed by atoms with E-state index in [1.54, 1.807) is 0 Å². The van der Waals surface area contributed by atoms with Crippen LogP contribution in [-0.4, -0.2) is 22.1 Å².